The van der Waals surface area contributed by atoms with Crippen molar-refractivity contribution < 1.29 is 19.4 Å². The van der Waals surface area contributed by atoms with Crippen LogP contribution in [0.1, 0.15) is 32.6 Å². The molecule has 4 nitrogen and oxygen atoms in total. The fourth-order valence-corrected chi connectivity index (χ4v) is 1.51. The first-order chi connectivity index (χ1) is 6.70. The molecule has 0 radical (unpaired) electrons. The molecule has 0 aliphatic carbocycles. The van der Waals surface area contributed by atoms with Gasteiger partial charge in [-0.2, -0.15) is 0 Å². The molecule has 82 valence electrons. The van der Waals surface area contributed by atoms with Crippen molar-refractivity contribution in [3.63, 3.8) is 0 Å². The van der Waals surface area contributed by atoms with Gasteiger partial charge in [0.1, 0.15) is 0 Å². The van der Waals surface area contributed by atoms with Crippen molar-refractivity contribution in [2.45, 2.75) is 44.8 Å². The van der Waals surface area contributed by atoms with Crippen LogP contribution in [0.25, 0.3) is 0 Å². The van der Waals surface area contributed by atoms with E-state index >= 15 is 0 Å². The second-order valence-corrected chi connectivity index (χ2v) is 3.63. The Balaban J connectivity index is 1.95. The Morgan fingerprint density at radius 2 is 2.50 bits per heavy atom. The van der Waals surface area contributed by atoms with Crippen LogP contribution in [0, 0.1) is 0 Å². The summed E-state index contributed by atoms with van der Waals surface area (Å²) in [4.78, 5) is 10.4. The maximum atomic E-state index is 10.4. The third-order valence-corrected chi connectivity index (χ3v) is 2.41. The molecule has 1 rings (SSSR count). The van der Waals surface area contributed by atoms with Gasteiger partial charge < -0.3 is 14.6 Å². The van der Waals surface area contributed by atoms with Crippen molar-refractivity contribution >= 4 is 5.97 Å². The van der Waals surface area contributed by atoms with E-state index in [2.05, 4.69) is 0 Å². The summed E-state index contributed by atoms with van der Waals surface area (Å²) >= 11 is 0. The molecule has 0 amide bonds. The van der Waals surface area contributed by atoms with Gasteiger partial charge in [-0.05, 0) is 32.6 Å². The molecule has 4 heteroatoms. The molecule has 1 aliphatic rings. The molecular formula is C10H18O4. The van der Waals surface area contributed by atoms with Gasteiger partial charge in [-0.15, -0.1) is 0 Å². The Kier molecular flexibility index (Phi) is 4.90. The topological polar surface area (TPSA) is 55.8 Å². The summed E-state index contributed by atoms with van der Waals surface area (Å²) in [5.41, 5.74) is 0. The highest BCUT2D eigenvalue weighted by Crippen LogP contribution is 2.16. The van der Waals surface area contributed by atoms with Crippen molar-refractivity contribution in [1.82, 2.24) is 0 Å². The first-order valence-electron chi connectivity index (χ1n) is 5.16. The molecule has 0 bridgehead atoms. The van der Waals surface area contributed by atoms with Crippen molar-refractivity contribution in [3.05, 3.63) is 0 Å². The smallest absolute Gasteiger partial charge is 0.332 e. The predicted molar refractivity (Wildman–Crippen MR) is 51.3 cm³/mol. The third-order valence-electron chi connectivity index (χ3n) is 2.41. The molecule has 0 spiro atoms. The standard InChI is InChI=1S/C10H18O4/c1-8(10(11)12)13-6-2-4-9-5-3-7-14-9/h8-9H,2-7H2,1H3,(H,11,12). The molecule has 2 atom stereocenters. The summed E-state index contributed by atoms with van der Waals surface area (Å²) in [5.74, 6) is -0.901. The molecule has 0 saturated carbocycles. The van der Waals surface area contributed by atoms with E-state index in [1.54, 1.807) is 6.92 Å². The number of rotatable bonds is 6. The minimum absolute atomic E-state index is 0.374. The van der Waals surface area contributed by atoms with Gasteiger partial charge >= 0.3 is 5.97 Å². The van der Waals surface area contributed by atoms with Crippen LogP contribution in [0.4, 0.5) is 0 Å². The van der Waals surface area contributed by atoms with Crippen LogP contribution in [0.15, 0.2) is 0 Å². The van der Waals surface area contributed by atoms with Gasteiger partial charge in [0.05, 0.1) is 6.10 Å². The quantitative estimate of drug-likeness (QED) is 0.662. The summed E-state index contributed by atoms with van der Waals surface area (Å²) in [6.45, 7) is 2.93. The molecule has 0 aromatic heterocycles. The number of carboxylic acids is 1. The normalized spacial score (nSPS) is 23.6. The molecule has 1 saturated heterocycles. The van der Waals surface area contributed by atoms with E-state index in [-0.39, 0.29) is 0 Å². The Morgan fingerprint density at radius 3 is 3.07 bits per heavy atom. The van der Waals surface area contributed by atoms with E-state index in [1.165, 1.54) is 0 Å². The summed E-state index contributed by atoms with van der Waals surface area (Å²) in [6, 6.07) is 0. The number of hydrogen-bond acceptors (Lipinski definition) is 3. The zero-order valence-electron chi connectivity index (χ0n) is 8.57. The van der Waals surface area contributed by atoms with E-state index in [4.69, 9.17) is 14.6 Å². The molecule has 1 fully saturated rings. The number of hydrogen-bond donors (Lipinski definition) is 1. The van der Waals surface area contributed by atoms with Gasteiger partial charge in [-0.25, -0.2) is 4.79 Å². The molecule has 1 N–H and O–H groups in total. The summed E-state index contributed by atoms with van der Waals surface area (Å²) in [6.07, 6.45) is 3.82. The third kappa shape index (κ3) is 4.07. The molecule has 1 aliphatic heterocycles. The fourth-order valence-electron chi connectivity index (χ4n) is 1.51. The molecule has 0 aromatic rings. The lowest BCUT2D eigenvalue weighted by atomic mass is 10.1. The highest BCUT2D eigenvalue weighted by atomic mass is 16.5. The minimum atomic E-state index is -0.901. The van der Waals surface area contributed by atoms with Crippen LogP contribution < -0.4 is 0 Å². The Bertz CT molecular complexity index is 175. The largest absolute Gasteiger partial charge is 0.479 e. The fraction of sp³-hybridized carbons (Fsp3) is 0.900. The summed E-state index contributed by atoms with van der Waals surface area (Å²) in [5, 5.41) is 8.54. The lowest BCUT2D eigenvalue weighted by Crippen LogP contribution is -2.20. The molecule has 0 aromatic carbocycles. The van der Waals surface area contributed by atoms with E-state index in [9.17, 15) is 4.79 Å². The second-order valence-electron chi connectivity index (χ2n) is 3.63. The molecule has 2 unspecified atom stereocenters. The van der Waals surface area contributed by atoms with Crippen molar-refractivity contribution in [2.24, 2.45) is 0 Å². The number of carbonyl (C=O) groups is 1. The van der Waals surface area contributed by atoms with E-state index in [1.807, 2.05) is 0 Å². The van der Waals surface area contributed by atoms with Crippen molar-refractivity contribution in [3.8, 4) is 0 Å². The number of aliphatic carboxylic acids is 1. The van der Waals surface area contributed by atoms with Crippen molar-refractivity contribution in [2.75, 3.05) is 13.2 Å². The Labute approximate surface area is 84.2 Å². The van der Waals surface area contributed by atoms with Gasteiger partial charge in [0.25, 0.3) is 0 Å². The maximum Gasteiger partial charge on any atom is 0.332 e. The highest BCUT2D eigenvalue weighted by molar-refractivity contribution is 5.71. The van der Waals surface area contributed by atoms with Crippen LogP contribution in [-0.2, 0) is 14.3 Å². The second kappa shape index (κ2) is 5.98. The zero-order valence-corrected chi connectivity index (χ0v) is 8.57. The zero-order chi connectivity index (χ0) is 10.4. The average molecular weight is 202 g/mol. The lowest BCUT2D eigenvalue weighted by Gasteiger charge is -2.10. The van der Waals surface area contributed by atoms with Crippen LogP contribution in [0.5, 0.6) is 0 Å². The molecular weight excluding hydrogens is 184 g/mol. The van der Waals surface area contributed by atoms with E-state index in [0.717, 1.165) is 32.3 Å². The first-order valence-corrected chi connectivity index (χ1v) is 5.16. The molecule has 14 heavy (non-hydrogen) atoms. The van der Waals surface area contributed by atoms with Gasteiger partial charge in [-0.3, -0.25) is 0 Å². The van der Waals surface area contributed by atoms with Crippen LogP contribution in [-0.4, -0.2) is 36.5 Å². The predicted octanol–water partition coefficient (Wildman–Crippen LogP) is 1.44. The number of carboxylic acid groups (broad SMARTS) is 1. The van der Waals surface area contributed by atoms with Gasteiger partial charge in [0.2, 0.25) is 0 Å². The summed E-state index contributed by atoms with van der Waals surface area (Å²) in [7, 11) is 0. The highest BCUT2D eigenvalue weighted by Gasteiger charge is 2.15. The molecule has 1 heterocycles. The maximum absolute atomic E-state index is 10.4. The number of ether oxygens (including phenoxy) is 2. The van der Waals surface area contributed by atoms with Gasteiger partial charge in [0, 0.05) is 13.2 Å². The lowest BCUT2D eigenvalue weighted by molar-refractivity contribution is -0.149. The van der Waals surface area contributed by atoms with Crippen LogP contribution in [0.3, 0.4) is 0 Å². The SMILES string of the molecule is CC(OCCCC1CCCO1)C(=O)O. The Morgan fingerprint density at radius 1 is 1.71 bits per heavy atom. The minimum Gasteiger partial charge on any atom is -0.479 e. The first kappa shape index (κ1) is 11.5. The van der Waals surface area contributed by atoms with E-state index < -0.39 is 12.1 Å². The van der Waals surface area contributed by atoms with Gasteiger partial charge in [-0.1, -0.05) is 0 Å². The van der Waals surface area contributed by atoms with Gasteiger partial charge in [0.15, 0.2) is 6.10 Å². The Hall–Kier alpha value is -0.610. The van der Waals surface area contributed by atoms with E-state index in [0.29, 0.717) is 12.7 Å². The van der Waals surface area contributed by atoms with Crippen LogP contribution >= 0.6 is 0 Å². The average Bonchev–Trinajstić information content (AvgIpc) is 2.64. The summed E-state index contributed by atoms with van der Waals surface area (Å²) < 4.78 is 10.5. The monoisotopic (exact) mass is 202 g/mol. The van der Waals surface area contributed by atoms with Crippen molar-refractivity contribution in [1.29, 1.82) is 0 Å². The van der Waals surface area contributed by atoms with Crippen LogP contribution in [0.2, 0.25) is 0 Å².